The van der Waals surface area contributed by atoms with Gasteiger partial charge in [0.15, 0.2) is 6.10 Å². The molecule has 0 aromatic carbocycles. The highest BCUT2D eigenvalue weighted by Gasteiger charge is 2.19. The van der Waals surface area contributed by atoms with E-state index in [0.29, 0.717) is 19.3 Å². The SMILES string of the molecule is CC/C=C\C/C=C\C/C=C\CCCCCCCCCC(=O)OC(COC(=O)CCCCCCCCCCCCCCC)COC(=O)CCCCCCCCCCCCCCCCCCCC/C=C\C/C=C\C/C=C\CCCCCCC. The van der Waals surface area contributed by atoms with Crippen LogP contribution in [0.3, 0.4) is 0 Å². The van der Waals surface area contributed by atoms with Gasteiger partial charge < -0.3 is 14.2 Å². The molecule has 0 aromatic rings. The summed E-state index contributed by atoms with van der Waals surface area (Å²) in [5, 5.41) is 0. The summed E-state index contributed by atoms with van der Waals surface area (Å²) in [4.78, 5) is 38.4. The van der Waals surface area contributed by atoms with Crippen LogP contribution in [0.4, 0.5) is 0 Å². The monoisotopic (exact) mass is 1130 g/mol. The van der Waals surface area contributed by atoms with Gasteiger partial charge >= 0.3 is 17.9 Å². The van der Waals surface area contributed by atoms with Crippen molar-refractivity contribution in [3.8, 4) is 0 Å². The first kappa shape index (κ1) is 77.9. The van der Waals surface area contributed by atoms with Crippen LogP contribution in [0, 0.1) is 0 Å². The maximum absolute atomic E-state index is 12.9. The summed E-state index contributed by atoms with van der Waals surface area (Å²) in [5.74, 6) is -0.863. The first-order chi connectivity index (χ1) is 40.0. The maximum Gasteiger partial charge on any atom is 0.306 e. The Hall–Kier alpha value is -3.15. The second-order valence-electron chi connectivity index (χ2n) is 23.8. The lowest BCUT2D eigenvalue weighted by atomic mass is 10.0. The van der Waals surface area contributed by atoms with E-state index in [1.807, 2.05) is 0 Å². The summed E-state index contributed by atoms with van der Waals surface area (Å²) >= 11 is 0. The molecule has 6 heteroatoms. The number of rotatable bonds is 65. The standard InChI is InChI=1S/C75H134O6/c1-4-7-10-13-16-19-22-25-27-29-30-31-32-33-34-35-36-37-38-39-40-41-42-43-44-46-47-50-53-56-59-62-65-68-74(77)80-71-72(70-79-73(76)67-64-61-58-55-52-49-24-21-18-15-12-9-6-3)81-75(78)69-66-63-60-57-54-51-48-45-28-26-23-20-17-14-11-8-5-2/h8,11,17,20,22,25-26,28-30,32-33,72H,4-7,9-10,12-16,18-19,21,23-24,27,31,34-71H2,1-3H3/b11-8-,20-17-,25-22-,28-26-,30-29-,33-32-. The molecule has 0 spiro atoms. The van der Waals surface area contributed by atoms with Crippen molar-refractivity contribution in [1.82, 2.24) is 0 Å². The van der Waals surface area contributed by atoms with E-state index in [9.17, 15) is 14.4 Å². The number of esters is 3. The average Bonchev–Trinajstić information content (AvgIpc) is 3.46. The molecule has 0 bridgehead atoms. The molecule has 0 fully saturated rings. The third-order valence-corrected chi connectivity index (χ3v) is 15.7. The normalized spacial score (nSPS) is 12.5. The first-order valence-electron chi connectivity index (χ1n) is 35.4. The molecule has 0 saturated heterocycles. The lowest BCUT2D eigenvalue weighted by Crippen LogP contribution is -2.30. The summed E-state index contributed by atoms with van der Waals surface area (Å²) in [5.41, 5.74) is 0. The Morgan fingerprint density at radius 2 is 0.481 bits per heavy atom. The van der Waals surface area contributed by atoms with Crippen molar-refractivity contribution in [2.45, 2.75) is 374 Å². The molecule has 1 atom stereocenters. The minimum Gasteiger partial charge on any atom is -0.462 e. The van der Waals surface area contributed by atoms with Crippen molar-refractivity contribution in [2.24, 2.45) is 0 Å². The van der Waals surface area contributed by atoms with Gasteiger partial charge in [0.05, 0.1) is 0 Å². The molecular weight excluding hydrogens is 997 g/mol. The highest BCUT2D eigenvalue weighted by Crippen LogP contribution is 2.18. The van der Waals surface area contributed by atoms with E-state index in [2.05, 4.69) is 93.7 Å². The zero-order chi connectivity index (χ0) is 58.5. The summed E-state index contributed by atoms with van der Waals surface area (Å²) in [7, 11) is 0. The van der Waals surface area contributed by atoms with Crippen molar-refractivity contribution in [3.63, 3.8) is 0 Å². The van der Waals surface area contributed by atoms with Crippen molar-refractivity contribution in [1.29, 1.82) is 0 Å². The largest absolute Gasteiger partial charge is 0.462 e. The number of carbonyl (C=O) groups is 3. The summed E-state index contributed by atoms with van der Waals surface area (Å²) in [6.45, 7) is 6.56. The van der Waals surface area contributed by atoms with Gasteiger partial charge in [-0.15, -0.1) is 0 Å². The Balaban J connectivity index is 4.15. The highest BCUT2D eigenvalue weighted by atomic mass is 16.6. The van der Waals surface area contributed by atoms with E-state index in [-0.39, 0.29) is 31.1 Å². The van der Waals surface area contributed by atoms with Crippen LogP contribution in [-0.2, 0) is 28.6 Å². The zero-order valence-electron chi connectivity index (χ0n) is 54.1. The van der Waals surface area contributed by atoms with Crippen LogP contribution in [0.1, 0.15) is 367 Å². The van der Waals surface area contributed by atoms with Gasteiger partial charge in [0, 0.05) is 19.3 Å². The molecule has 0 saturated carbocycles. The Kier molecular flexibility index (Phi) is 66.6. The minimum absolute atomic E-state index is 0.0744. The molecule has 0 aliphatic heterocycles. The smallest absolute Gasteiger partial charge is 0.306 e. The molecule has 81 heavy (non-hydrogen) atoms. The van der Waals surface area contributed by atoms with Gasteiger partial charge in [0.2, 0.25) is 0 Å². The number of unbranched alkanes of at least 4 members (excludes halogenated alkanes) is 42. The van der Waals surface area contributed by atoms with Crippen LogP contribution in [0.25, 0.3) is 0 Å². The number of hydrogen-bond donors (Lipinski definition) is 0. The Bertz CT molecular complexity index is 1490. The molecule has 0 amide bonds. The molecule has 0 rings (SSSR count). The quantitative estimate of drug-likeness (QED) is 0.0261. The molecule has 6 nitrogen and oxygen atoms in total. The number of ether oxygens (including phenoxy) is 3. The molecule has 1 unspecified atom stereocenters. The second kappa shape index (κ2) is 69.3. The topological polar surface area (TPSA) is 78.9 Å². The maximum atomic E-state index is 12.9. The summed E-state index contributed by atoms with van der Waals surface area (Å²) < 4.78 is 17.0. The molecule has 0 aromatic heterocycles. The average molecular weight is 1130 g/mol. The van der Waals surface area contributed by atoms with E-state index in [4.69, 9.17) is 14.2 Å². The highest BCUT2D eigenvalue weighted by molar-refractivity contribution is 5.71. The summed E-state index contributed by atoms with van der Waals surface area (Å²) in [6, 6.07) is 0. The van der Waals surface area contributed by atoms with E-state index < -0.39 is 6.10 Å². The third-order valence-electron chi connectivity index (χ3n) is 15.7. The van der Waals surface area contributed by atoms with Crippen LogP contribution < -0.4 is 0 Å². The van der Waals surface area contributed by atoms with Gasteiger partial charge in [-0.25, -0.2) is 0 Å². The molecule has 470 valence electrons. The Morgan fingerprint density at radius 1 is 0.259 bits per heavy atom. The van der Waals surface area contributed by atoms with Crippen LogP contribution in [0.15, 0.2) is 72.9 Å². The second-order valence-corrected chi connectivity index (χ2v) is 23.8. The van der Waals surface area contributed by atoms with Crippen LogP contribution >= 0.6 is 0 Å². The fourth-order valence-corrected chi connectivity index (χ4v) is 10.4. The molecule has 0 N–H and O–H groups in total. The Labute approximate surface area is 503 Å². The van der Waals surface area contributed by atoms with Crippen LogP contribution in [0.2, 0.25) is 0 Å². The van der Waals surface area contributed by atoms with Crippen molar-refractivity contribution < 1.29 is 28.6 Å². The van der Waals surface area contributed by atoms with Crippen molar-refractivity contribution >= 4 is 17.9 Å². The van der Waals surface area contributed by atoms with E-state index in [1.54, 1.807) is 0 Å². The van der Waals surface area contributed by atoms with E-state index in [1.165, 1.54) is 231 Å². The third kappa shape index (κ3) is 67.5. The van der Waals surface area contributed by atoms with Crippen molar-refractivity contribution in [2.75, 3.05) is 13.2 Å². The van der Waals surface area contributed by atoms with Crippen molar-refractivity contribution in [3.05, 3.63) is 72.9 Å². The van der Waals surface area contributed by atoms with Crippen LogP contribution in [-0.4, -0.2) is 37.2 Å². The number of allylic oxidation sites excluding steroid dienone is 12. The van der Waals surface area contributed by atoms with Gasteiger partial charge in [-0.1, -0.05) is 331 Å². The molecule has 0 radical (unpaired) electrons. The molecule has 0 heterocycles. The van der Waals surface area contributed by atoms with Gasteiger partial charge in [-0.05, 0) is 89.9 Å². The van der Waals surface area contributed by atoms with Gasteiger partial charge in [0.25, 0.3) is 0 Å². The molecular formula is C75H134O6. The Morgan fingerprint density at radius 3 is 0.753 bits per heavy atom. The lowest BCUT2D eigenvalue weighted by Gasteiger charge is -2.18. The van der Waals surface area contributed by atoms with E-state index >= 15 is 0 Å². The van der Waals surface area contributed by atoms with Gasteiger partial charge in [0.1, 0.15) is 13.2 Å². The van der Waals surface area contributed by atoms with E-state index in [0.717, 1.165) is 96.3 Å². The number of hydrogen-bond acceptors (Lipinski definition) is 6. The zero-order valence-corrected chi connectivity index (χ0v) is 54.1. The fraction of sp³-hybridized carbons (Fsp3) is 0.800. The predicted octanol–water partition coefficient (Wildman–Crippen LogP) is 24.4. The predicted molar refractivity (Wildman–Crippen MR) is 353 cm³/mol. The molecule has 0 aliphatic rings. The minimum atomic E-state index is -0.779. The molecule has 0 aliphatic carbocycles. The first-order valence-corrected chi connectivity index (χ1v) is 35.4. The van der Waals surface area contributed by atoms with Gasteiger partial charge in [-0.2, -0.15) is 0 Å². The fourth-order valence-electron chi connectivity index (χ4n) is 10.4. The lowest BCUT2D eigenvalue weighted by molar-refractivity contribution is -0.167. The van der Waals surface area contributed by atoms with Gasteiger partial charge in [-0.3, -0.25) is 14.4 Å². The van der Waals surface area contributed by atoms with Crippen LogP contribution in [0.5, 0.6) is 0 Å². The number of carbonyl (C=O) groups excluding carboxylic acids is 3. The summed E-state index contributed by atoms with van der Waals surface area (Å²) in [6.07, 6.45) is 90.8.